The molecule has 0 radical (unpaired) electrons. The molecule has 1 saturated heterocycles. The van der Waals surface area contributed by atoms with Crippen molar-refractivity contribution in [2.45, 2.75) is 44.9 Å². The van der Waals surface area contributed by atoms with Crippen LogP contribution in [0.2, 0.25) is 0 Å². The Kier molecular flexibility index (Phi) is 5.11. The van der Waals surface area contributed by atoms with Crippen molar-refractivity contribution in [3.8, 4) is 0 Å². The second-order valence-corrected chi connectivity index (χ2v) is 5.89. The molecule has 0 amide bonds. The van der Waals surface area contributed by atoms with Gasteiger partial charge in [-0.2, -0.15) is 0 Å². The summed E-state index contributed by atoms with van der Waals surface area (Å²) in [6, 6.07) is 0. The van der Waals surface area contributed by atoms with Gasteiger partial charge in [0.2, 0.25) is 0 Å². The summed E-state index contributed by atoms with van der Waals surface area (Å²) in [6.07, 6.45) is 10.2. The molecule has 2 rings (SSSR count). The molecule has 0 unspecified atom stereocenters. The maximum atomic E-state index is 3.45. The topological polar surface area (TPSA) is 15.3 Å². The van der Waals surface area contributed by atoms with Gasteiger partial charge < -0.3 is 10.2 Å². The SMILES string of the molecule is CN(CCC1CCCC1)CC1CCNCC1. The molecular weight excluding hydrogens is 196 g/mol. The predicted molar refractivity (Wildman–Crippen MR) is 69.7 cm³/mol. The van der Waals surface area contributed by atoms with E-state index in [2.05, 4.69) is 17.3 Å². The third-order valence-corrected chi connectivity index (χ3v) is 4.42. The number of hydrogen-bond donors (Lipinski definition) is 1. The number of rotatable bonds is 5. The highest BCUT2D eigenvalue weighted by molar-refractivity contribution is 4.73. The summed E-state index contributed by atoms with van der Waals surface area (Å²) in [4.78, 5) is 2.58. The van der Waals surface area contributed by atoms with Gasteiger partial charge in [-0.05, 0) is 57.8 Å². The first-order valence-electron chi connectivity index (χ1n) is 7.24. The molecule has 0 spiro atoms. The zero-order valence-electron chi connectivity index (χ0n) is 10.9. The maximum Gasteiger partial charge on any atom is 0.000756 e. The lowest BCUT2D eigenvalue weighted by atomic mass is 9.97. The van der Waals surface area contributed by atoms with Gasteiger partial charge in [0.15, 0.2) is 0 Å². The first kappa shape index (κ1) is 12.4. The van der Waals surface area contributed by atoms with Crippen LogP contribution in [0.3, 0.4) is 0 Å². The van der Waals surface area contributed by atoms with Crippen LogP contribution in [0.4, 0.5) is 0 Å². The lowest BCUT2D eigenvalue weighted by molar-refractivity contribution is 0.227. The van der Waals surface area contributed by atoms with Crippen molar-refractivity contribution < 1.29 is 0 Å². The van der Waals surface area contributed by atoms with E-state index in [-0.39, 0.29) is 0 Å². The second-order valence-electron chi connectivity index (χ2n) is 5.89. The zero-order valence-corrected chi connectivity index (χ0v) is 10.9. The third kappa shape index (κ3) is 4.06. The third-order valence-electron chi connectivity index (χ3n) is 4.42. The molecule has 0 aromatic heterocycles. The van der Waals surface area contributed by atoms with Crippen LogP contribution >= 0.6 is 0 Å². The Bertz CT molecular complexity index is 181. The van der Waals surface area contributed by atoms with Gasteiger partial charge in [0, 0.05) is 6.54 Å². The highest BCUT2D eigenvalue weighted by Gasteiger charge is 2.17. The Morgan fingerprint density at radius 3 is 2.38 bits per heavy atom. The minimum Gasteiger partial charge on any atom is -0.317 e. The quantitative estimate of drug-likeness (QED) is 0.772. The Labute approximate surface area is 101 Å². The minimum absolute atomic E-state index is 0.954. The van der Waals surface area contributed by atoms with Gasteiger partial charge in [0.1, 0.15) is 0 Å². The molecule has 1 heterocycles. The molecule has 0 atom stereocenters. The highest BCUT2D eigenvalue weighted by Crippen LogP contribution is 2.27. The van der Waals surface area contributed by atoms with Gasteiger partial charge in [-0.1, -0.05) is 25.7 Å². The molecule has 2 nitrogen and oxygen atoms in total. The molecule has 2 aliphatic rings. The summed E-state index contributed by atoms with van der Waals surface area (Å²) < 4.78 is 0. The van der Waals surface area contributed by atoms with E-state index in [0.717, 1.165) is 11.8 Å². The standard InChI is InChI=1S/C14H28N2/c1-16(11-8-13-4-2-3-5-13)12-14-6-9-15-10-7-14/h13-15H,2-12H2,1H3. The molecule has 2 fully saturated rings. The molecule has 0 bridgehead atoms. The molecule has 2 heteroatoms. The fraction of sp³-hybridized carbons (Fsp3) is 1.00. The van der Waals surface area contributed by atoms with Crippen LogP contribution in [0.1, 0.15) is 44.9 Å². The van der Waals surface area contributed by atoms with Crippen LogP contribution in [0.15, 0.2) is 0 Å². The van der Waals surface area contributed by atoms with E-state index in [4.69, 9.17) is 0 Å². The average Bonchev–Trinajstić information content (AvgIpc) is 2.81. The zero-order chi connectivity index (χ0) is 11.2. The van der Waals surface area contributed by atoms with Crippen molar-refractivity contribution in [2.24, 2.45) is 11.8 Å². The molecule has 1 saturated carbocycles. The van der Waals surface area contributed by atoms with Crippen LogP contribution in [-0.4, -0.2) is 38.1 Å². The van der Waals surface area contributed by atoms with E-state index in [0.29, 0.717) is 0 Å². The summed E-state index contributed by atoms with van der Waals surface area (Å²) in [6.45, 7) is 5.13. The van der Waals surface area contributed by atoms with E-state index in [1.54, 1.807) is 0 Å². The van der Waals surface area contributed by atoms with E-state index in [1.165, 1.54) is 71.1 Å². The predicted octanol–water partition coefficient (Wildman–Crippen LogP) is 2.50. The van der Waals surface area contributed by atoms with Crippen molar-refractivity contribution in [2.75, 3.05) is 33.2 Å². The normalized spacial score (nSPS) is 24.4. The van der Waals surface area contributed by atoms with Gasteiger partial charge in [-0.15, -0.1) is 0 Å². The molecule has 1 aliphatic carbocycles. The van der Waals surface area contributed by atoms with Crippen LogP contribution in [0, 0.1) is 11.8 Å². The van der Waals surface area contributed by atoms with Crippen LogP contribution in [-0.2, 0) is 0 Å². The van der Waals surface area contributed by atoms with E-state index >= 15 is 0 Å². The van der Waals surface area contributed by atoms with Crippen molar-refractivity contribution >= 4 is 0 Å². The first-order chi connectivity index (χ1) is 7.84. The fourth-order valence-corrected chi connectivity index (χ4v) is 3.30. The monoisotopic (exact) mass is 224 g/mol. The van der Waals surface area contributed by atoms with Gasteiger partial charge in [-0.3, -0.25) is 0 Å². The van der Waals surface area contributed by atoms with E-state index in [9.17, 15) is 0 Å². The Morgan fingerprint density at radius 2 is 1.69 bits per heavy atom. The Hall–Kier alpha value is -0.0800. The summed E-state index contributed by atoms with van der Waals surface area (Å²) in [7, 11) is 2.32. The molecular formula is C14H28N2. The number of nitrogens with zero attached hydrogens (tertiary/aromatic N) is 1. The molecule has 0 aromatic carbocycles. The average molecular weight is 224 g/mol. The number of nitrogens with one attached hydrogen (secondary N) is 1. The molecule has 0 aromatic rings. The molecule has 1 aliphatic heterocycles. The fourth-order valence-electron chi connectivity index (χ4n) is 3.30. The van der Waals surface area contributed by atoms with E-state index in [1.807, 2.05) is 0 Å². The van der Waals surface area contributed by atoms with Gasteiger partial charge in [0.05, 0.1) is 0 Å². The Morgan fingerprint density at radius 1 is 1.00 bits per heavy atom. The summed E-state index contributed by atoms with van der Waals surface area (Å²) >= 11 is 0. The van der Waals surface area contributed by atoms with Crippen molar-refractivity contribution in [1.29, 1.82) is 0 Å². The van der Waals surface area contributed by atoms with Gasteiger partial charge in [-0.25, -0.2) is 0 Å². The van der Waals surface area contributed by atoms with Crippen molar-refractivity contribution in [1.82, 2.24) is 10.2 Å². The summed E-state index contributed by atoms with van der Waals surface area (Å²) in [5.41, 5.74) is 0. The van der Waals surface area contributed by atoms with Crippen LogP contribution < -0.4 is 5.32 Å². The number of hydrogen-bond acceptors (Lipinski definition) is 2. The van der Waals surface area contributed by atoms with Crippen molar-refractivity contribution in [3.05, 3.63) is 0 Å². The summed E-state index contributed by atoms with van der Waals surface area (Å²) in [5, 5.41) is 3.45. The minimum atomic E-state index is 0.954. The first-order valence-corrected chi connectivity index (χ1v) is 7.24. The molecule has 1 N–H and O–H groups in total. The van der Waals surface area contributed by atoms with Crippen LogP contribution in [0.5, 0.6) is 0 Å². The molecule has 16 heavy (non-hydrogen) atoms. The largest absolute Gasteiger partial charge is 0.317 e. The molecule has 94 valence electrons. The lowest BCUT2D eigenvalue weighted by Crippen LogP contribution is -2.35. The highest BCUT2D eigenvalue weighted by atomic mass is 15.1. The number of piperidine rings is 1. The van der Waals surface area contributed by atoms with E-state index < -0.39 is 0 Å². The smallest absolute Gasteiger partial charge is 0.000756 e. The van der Waals surface area contributed by atoms with Gasteiger partial charge >= 0.3 is 0 Å². The second kappa shape index (κ2) is 6.61. The summed E-state index contributed by atoms with van der Waals surface area (Å²) in [5.74, 6) is 2.00. The Balaban J connectivity index is 1.57. The lowest BCUT2D eigenvalue weighted by Gasteiger charge is -2.28. The van der Waals surface area contributed by atoms with Crippen LogP contribution in [0.25, 0.3) is 0 Å². The maximum absolute atomic E-state index is 3.45. The van der Waals surface area contributed by atoms with Crippen molar-refractivity contribution in [3.63, 3.8) is 0 Å². The van der Waals surface area contributed by atoms with Gasteiger partial charge in [0.25, 0.3) is 0 Å².